The number of aryl methyl sites for hydroxylation is 1. The molecule has 0 unspecified atom stereocenters. The van der Waals surface area contributed by atoms with Gasteiger partial charge >= 0.3 is 18.9 Å². The number of nitrogens with one attached hydrogen (secondary N) is 2. The molecule has 0 spiro atoms. The van der Waals surface area contributed by atoms with Crippen LogP contribution in [0.1, 0.15) is 5.56 Å². The van der Waals surface area contributed by atoms with Gasteiger partial charge < -0.3 is 37.8 Å². The second-order valence-corrected chi connectivity index (χ2v) is 11.6. The number of para-hydroxylation sites is 1. The van der Waals surface area contributed by atoms with E-state index in [1.54, 1.807) is 19.5 Å². The minimum atomic E-state index is -2.50. The van der Waals surface area contributed by atoms with Gasteiger partial charge in [-0.1, -0.05) is 36.3 Å². The maximum Gasteiger partial charge on any atom is 1.00 e. The van der Waals surface area contributed by atoms with E-state index in [4.69, 9.17) is 16.3 Å². The summed E-state index contributed by atoms with van der Waals surface area (Å²) in [5.41, 5.74) is 2.32. The maximum absolute atomic E-state index is 12.7. The smallest absolute Gasteiger partial charge is 0.550 e. The SMILES string of the molecule is [CH2-]CN(C)C=[C-]COc1[c-]c(C)cc(Nc2ncc(Cl)c(Nc3ccccc3P(C)(C)=O)n2)c1.[Li+]. The van der Waals surface area contributed by atoms with Gasteiger partial charge in [-0.3, -0.25) is 0 Å². The molecule has 35 heavy (non-hydrogen) atoms. The monoisotopic (exact) mass is 503 g/mol. The summed E-state index contributed by atoms with van der Waals surface area (Å²) in [4.78, 5) is 10.7. The number of hydrogen-bond acceptors (Lipinski definition) is 7. The van der Waals surface area contributed by atoms with Gasteiger partial charge in [-0.15, -0.1) is 24.7 Å². The van der Waals surface area contributed by atoms with E-state index in [0.29, 0.717) is 34.8 Å². The molecule has 3 rings (SSSR count). The van der Waals surface area contributed by atoms with Crippen LogP contribution in [0.25, 0.3) is 0 Å². The zero-order chi connectivity index (χ0) is 24.7. The third kappa shape index (κ3) is 8.63. The molecule has 0 aliphatic carbocycles. The van der Waals surface area contributed by atoms with Crippen molar-refractivity contribution >= 4 is 47.2 Å². The zero-order valence-electron chi connectivity index (χ0n) is 20.7. The van der Waals surface area contributed by atoms with Crippen molar-refractivity contribution in [2.45, 2.75) is 6.92 Å². The van der Waals surface area contributed by atoms with E-state index < -0.39 is 7.14 Å². The Morgan fingerprint density at radius 1 is 1.29 bits per heavy atom. The summed E-state index contributed by atoms with van der Waals surface area (Å²) in [6.07, 6.45) is 6.36. The number of aromatic nitrogens is 2. The number of anilines is 4. The molecule has 0 bridgehead atoms. The molecule has 0 radical (unpaired) electrons. The number of hydrogen-bond donors (Lipinski definition) is 2. The van der Waals surface area contributed by atoms with E-state index in [1.165, 1.54) is 6.20 Å². The van der Waals surface area contributed by atoms with Crippen LogP contribution < -0.4 is 39.5 Å². The van der Waals surface area contributed by atoms with Gasteiger partial charge in [0.05, 0.1) is 11.9 Å². The molecule has 7 nitrogen and oxygen atoms in total. The van der Waals surface area contributed by atoms with Crippen molar-refractivity contribution in [3.8, 4) is 5.75 Å². The van der Waals surface area contributed by atoms with Crippen molar-refractivity contribution in [3.05, 3.63) is 78.4 Å². The Bertz CT molecular complexity index is 1220. The minimum absolute atomic E-state index is 0. The Hall–Kier alpha value is -2.42. The summed E-state index contributed by atoms with van der Waals surface area (Å²) >= 11 is 6.34. The first kappa shape index (κ1) is 28.8. The van der Waals surface area contributed by atoms with Crippen molar-refractivity contribution < 1.29 is 28.2 Å². The molecule has 0 aliphatic rings. The van der Waals surface area contributed by atoms with Gasteiger partial charge in [0, 0.05) is 11.1 Å². The average molecular weight is 504 g/mol. The van der Waals surface area contributed by atoms with Crippen LogP contribution >= 0.6 is 18.7 Å². The molecule has 1 heterocycles. The molecular weight excluding hydrogens is 476 g/mol. The van der Waals surface area contributed by atoms with E-state index >= 15 is 0 Å². The van der Waals surface area contributed by atoms with Gasteiger partial charge in [0.1, 0.15) is 12.2 Å². The molecule has 180 valence electrons. The Morgan fingerprint density at radius 2 is 2.03 bits per heavy atom. The Morgan fingerprint density at radius 3 is 2.74 bits per heavy atom. The summed E-state index contributed by atoms with van der Waals surface area (Å²) in [6.45, 7) is 10.1. The number of nitrogens with zero attached hydrogens (tertiary/aromatic N) is 3. The molecule has 0 saturated carbocycles. The molecule has 0 aliphatic heterocycles. The van der Waals surface area contributed by atoms with Crippen LogP contribution in [0.3, 0.4) is 0 Å². The third-order valence-electron chi connectivity index (χ3n) is 4.69. The van der Waals surface area contributed by atoms with Crippen molar-refractivity contribution in [2.75, 3.05) is 44.2 Å². The Balaban J connectivity index is 0.00000432. The number of ether oxygens (including phenoxy) is 1. The van der Waals surface area contributed by atoms with Gasteiger partial charge in [0.15, 0.2) is 5.82 Å². The first-order valence-corrected chi connectivity index (χ1v) is 13.6. The van der Waals surface area contributed by atoms with Gasteiger partial charge in [-0.05, 0) is 39.1 Å². The fourth-order valence-electron chi connectivity index (χ4n) is 3.03. The predicted molar refractivity (Wildman–Crippen MR) is 140 cm³/mol. The standard InChI is InChI=1S/C25H28ClN5O2P.Li/c1-6-31(3)12-9-13-33-20-15-18(2)14-19(16-20)28-25-27-17-21(26)24(30-25)29-22-10-7-8-11-23(22)34(4,5)32;/h7-8,10-12,14,16-17H,1,6,13H2,2-5H3,(H2,27,28,29,30);/q-3;+1. The van der Waals surface area contributed by atoms with Crippen molar-refractivity contribution in [3.63, 3.8) is 0 Å². The number of benzene rings is 2. The van der Waals surface area contributed by atoms with Gasteiger partial charge in [0.2, 0.25) is 5.95 Å². The molecule has 3 aromatic rings. The normalized spacial score (nSPS) is 11.1. The minimum Gasteiger partial charge on any atom is -0.550 e. The van der Waals surface area contributed by atoms with Crippen molar-refractivity contribution in [1.82, 2.24) is 14.9 Å². The maximum atomic E-state index is 12.7. The van der Waals surface area contributed by atoms with Crippen molar-refractivity contribution in [2.24, 2.45) is 0 Å². The average Bonchev–Trinajstić information content (AvgIpc) is 2.78. The van der Waals surface area contributed by atoms with Crippen LogP contribution in [0.2, 0.25) is 5.02 Å². The topological polar surface area (TPSA) is 79.4 Å². The third-order valence-corrected chi connectivity index (χ3v) is 6.52. The van der Waals surface area contributed by atoms with E-state index in [0.717, 1.165) is 16.6 Å². The molecule has 1 aromatic heterocycles. The van der Waals surface area contributed by atoms with Crippen LogP contribution in [-0.2, 0) is 4.57 Å². The van der Waals surface area contributed by atoms with Crippen LogP contribution in [0.4, 0.5) is 23.1 Å². The second kappa shape index (κ2) is 13.0. The largest absolute Gasteiger partial charge is 1.00 e. The summed E-state index contributed by atoms with van der Waals surface area (Å²) in [5.74, 6) is 1.33. The molecule has 0 saturated heterocycles. The Labute approximate surface area is 224 Å². The second-order valence-electron chi connectivity index (χ2n) is 8.03. The molecule has 10 heteroatoms. The summed E-state index contributed by atoms with van der Waals surface area (Å²) in [6, 6.07) is 14.3. The molecule has 2 N–H and O–H groups in total. The van der Waals surface area contributed by atoms with Crippen LogP contribution in [0, 0.1) is 26.0 Å². The summed E-state index contributed by atoms with van der Waals surface area (Å²) in [7, 11) is -0.586. The van der Waals surface area contributed by atoms with E-state index in [1.807, 2.05) is 55.3 Å². The van der Waals surface area contributed by atoms with Crippen LogP contribution in [0.15, 0.2) is 48.8 Å². The van der Waals surface area contributed by atoms with E-state index in [9.17, 15) is 4.57 Å². The number of halogens is 1. The van der Waals surface area contributed by atoms with Gasteiger partial charge in [0.25, 0.3) is 0 Å². The molecule has 2 aromatic carbocycles. The van der Waals surface area contributed by atoms with E-state index in [2.05, 4.69) is 39.7 Å². The first-order valence-electron chi connectivity index (χ1n) is 10.6. The van der Waals surface area contributed by atoms with Gasteiger partial charge in [-0.25, -0.2) is 4.98 Å². The summed E-state index contributed by atoms with van der Waals surface area (Å²) < 4.78 is 18.4. The number of rotatable bonds is 10. The Kier molecular flexibility index (Phi) is 10.7. The van der Waals surface area contributed by atoms with Crippen LogP contribution in [0.5, 0.6) is 5.75 Å². The fraction of sp³-hybridized carbons (Fsp3) is 0.240. The fourth-order valence-corrected chi connectivity index (χ4v) is 4.32. The quantitative estimate of drug-likeness (QED) is 0.250. The predicted octanol–water partition coefficient (Wildman–Crippen LogP) is 2.44. The zero-order valence-corrected chi connectivity index (χ0v) is 22.4. The molecule has 0 amide bonds. The summed E-state index contributed by atoms with van der Waals surface area (Å²) in [5, 5.41) is 7.45. The molecule has 0 fully saturated rings. The molecule has 0 atom stereocenters. The molecular formula is C25H28ClLiN5O2P-2. The van der Waals surface area contributed by atoms with E-state index in [-0.39, 0.29) is 25.5 Å². The first-order chi connectivity index (χ1) is 16.2. The van der Waals surface area contributed by atoms with Crippen LogP contribution in [-0.4, -0.2) is 48.4 Å². The van der Waals surface area contributed by atoms with Crippen molar-refractivity contribution in [1.29, 1.82) is 0 Å². The van der Waals surface area contributed by atoms with Gasteiger partial charge in [-0.2, -0.15) is 16.7 Å².